The van der Waals surface area contributed by atoms with Crippen molar-refractivity contribution >= 4 is 17.3 Å². The van der Waals surface area contributed by atoms with Gasteiger partial charge in [0.25, 0.3) is 0 Å². The second kappa shape index (κ2) is 4.50. The Labute approximate surface area is 125 Å². The number of ketones is 3. The Hall–Kier alpha value is -0.990. The molecule has 1 unspecified atom stereocenters. The third kappa shape index (κ3) is 1.82. The van der Waals surface area contributed by atoms with Crippen LogP contribution in [0.3, 0.4) is 0 Å². The van der Waals surface area contributed by atoms with Gasteiger partial charge in [-0.1, -0.05) is 6.92 Å². The maximum atomic E-state index is 12.6. The van der Waals surface area contributed by atoms with Crippen molar-refractivity contribution in [2.45, 2.75) is 58.3 Å². The van der Waals surface area contributed by atoms with Gasteiger partial charge < -0.3 is 0 Å². The monoisotopic (exact) mass is 288 g/mol. The van der Waals surface area contributed by atoms with Gasteiger partial charge in [-0.15, -0.1) is 0 Å². The SMILES string of the molecule is C[C@]12CC[C@H]3[C@@H](CC(=O)C4CC(=O)CC[C@@H]43)[C@@H]1CCC2=O. The van der Waals surface area contributed by atoms with E-state index in [1.807, 2.05) is 0 Å². The minimum Gasteiger partial charge on any atom is -0.300 e. The minimum absolute atomic E-state index is 0.00830. The van der Waals surface area contributed by atoms with Crippen molar-refractivity contribution in [3.8, 4) is 0 Å². The van der Waals surface area contributed by atoms with Crippen LogP contribution in [0, 0.1) is 35.0 Å². The highest BCUT2D eigenvalue weighted by Gasteiger charge is 2.58. The van der Waals surface area contributed by atoms with Crippen LogP contribution in [-0.4, -0.2) is 17.3 Å². The smallest absolute Gasteiger partial charge is 0.139 e. The summed E-state index contributed by atoms with van der Waals surface area (Å²) in [7, 11) is 0. The van der Waals surface area contributed by atoms with Crippen molar-refractivity contribution in [1.82, 2.24) is 0 Å². The van der Waals surface area contributed by atoms with Crippen molar-refractivity contribution in [3.05, 3.63) is 0 Å². The van der Waals surface area contributed by atoms with E-state index < -0.39 is 0 Å². The number of carbonyl (C=O) groups excluding carboxylic acids is 3. The molecule has 4 aliphatic rings. The summed E-state index contributed by atoms with van der Waals surface area (Å²) < 4.78 is 0. The maximum absolute atomic E-state index is 12.6. The quantitative estimate of drug-likeness (QED) is 0.688. The van der Waals surface area contributed by atoms with Gasteiger partial charge in [-0.3, -0.25) is 14.4 Å². The molecular formula is C18H24O3. The van der Waals surface area contributed by atoms with Gasteiger partial charge in [-0.25, -0.2) is 0 Å². The zero-order valence-electron chi connectivity index (χ0n) is 12.8. The molecule has 21 heavy (non-hydrogen) atoms. The number of hydrogen-bond acceptors (Lipinski definition) is 3. The molecule has 114 valence electrons. The molecule has 0 saturated heterocycles. The maximum Gasteiger partial charge on any atom is 0.139 e. The van der Waals surface area contributed by atoms with Gasteiger partial charge in [0.1, 0.15) is 17.3 Å². The summed E-state index contributed by atoms with van der Waals surface area (Å²) in [4.78, 5) is 36.6. The molecule has 0 aliphatic heterocycles. The number of rotatable bonds is 0. The Morgan fingerprint density at radius 1 is 0.905 bits per heavy atom. The Morgan fingerprint density at radius 3 is 2.52 bits per heavy atom. The standard InChI is InChI=1S/C18H24O3/c1-18-7-6-12-11-3-2-10(19)8-14(11)16(20)9-13(12)15(18)4-5-17(18)21/h11-15H,2-9H2,1H3/t11-,12-,13-,14?,15+,18+/m1/s1. The van der Waals surface area contributed by atoms with E-state index in [0.29, 0.717) is 60.9 Å². The van der Waals surface area contributed by atoms with Gasteiger partial charge >= 0.3 is 0 Å². The van der Waals surface area contributed by atoms with Crippen molar-refractivity contribution in [2.24, 2.45) is 35.0 Å². The van der Waals surface area contributed by atoms with Crippen LogP contribution in [0.15, 0.2) is 0 Å². The molecule has 0 bridgehead atoms. The molecule has 0 heterocycles. The summed E-state index contributed by atoms with van der Waals surface area (Å²) in [5.41, 5.74) is -0.154. The van der Waals surface area contributed by atoms with Gasteiger partial charge in [0.15, 0.2) is 0 Å². The predicted octanol–water partition coefficient (Wildman–Crippen LogP) is 2.96. The molecule has 0 N–H and O–H groups in total. The second-order valence-electron chi connectivity index (χ2n) is 8.07. The summed E-state index contributed by atoms with van der Waals surface area (Å²) in [6.45, 7) is 2.14. The summed E-state index contributed by atoms with van der Waals surface area (Å²) in [5, 5.41) is 0. The van der Waals surface area contributed by atoms with Gasteiger partial charge in [-0.2, -0.15) is 0 Å². The first-order chi connectivity index (χ1) is 10.0. The summed E-state index contributed by atoms with van der Waals surface area (Å²) in [6.07, 6.45) is 6.49. The third-order valence-corrected chi connectivity index (χ3v) is 7.32. The third-order valence-electron chi connectivity index (χ3n) is 7.32. The fourth-order valence-electron chi connectivity index (χ4n) is 6.19. The molecule has 4 aliphatic carbocycles. The molecule has 4 rings (SSSR count). The van der Waals surface area contributed by atoms with Gasteiger partial charge in [0, 0.05) is 37.0 Å². The lowest BCUT2D eigenvalue weighted by Gasteiger charge is -2.53. The van der Waals surface area contributed by atoms with E-state index in [1.165, 1.54) is 0 Å². The van der Waals surface area contributed by atoms with Crippen LogP contribution >= 0.6 is 0 Å². The lowest BCUT2D eigenvalue weighted by atomic mass is 9.50. The van der Waals surface area contributed by atoms with E-state index >= 15 is 0 Å². The van der Waals surface area contributed by atoms with Crippen LogP contribution in [0.5, 0.6) is 0 Å². The van der Waals surface area contributed by atoms with E-state index in [2.05, 4.69) is 6.92 Å². The van der Waals surface area contributed by atoms with Gasteiger partial charge in [0.05, 0.1) is 0 Å². The normalized spacial score (nSPS) is 49.6. The summed E-state index contributed by atoms with van der Waals surface area (Å²) >= 11 is 0. The largest absolute Gasteiger partial charge is 0.300 e. The molecule has 4 saturated carbocycles. The second-order valence-corrected chi connectivity index (χ2v) is 8.07. The zero-order valence-corrected chi connectivity index (χ0v) is 12.8. The van der Waals surface area contributed by atoms with Crippen LogP contribution in [-0.2, 0) is 14.4 Å². The lowest BCUT2D eigenvalue weighted by Crippen LogP contribution is -2.51. The molecule has 0 amide bonds. The van der Waals surface area contributed by atoms with Crippen LogP contribution in [0.2, 0.25) is 0 Å². The van der Waals surface area contributed by atoms with Crippen molar-refractivity contribution in [1.29, 1.82) is 0 Å². The molecule has 6 atom stereocenters. The Bertz CT molecular complexity index is 523. The molecule has 0 aromatic rings. The lowest BCUT2D eigenvalue weighted by molar-refractivity contribution is -0.147. The topological polar surface area (TPSA) is 51.2 Å². The summed E-state index contributed by atoms with van der Waals surface area (Å²) in [5.74, 6) is 2.88. The van der Waals surface area contributed by atoms with E-state index in [1.54, 1.807) is 0 Å². The molecule has 0 aromatic heterocycles. The predicted molar refractivity (Wildman–Crippen MR) is 77.5 cm³/mol. The molecule has 4 fully saturated rings. The van der Waals surface area contributed by atoms with Gasteiger partial charge in [-0.05, 0) is 49.4 Å². The highest BCUT2D eigenvalue weighted by Crippen LogP contribution is 2.60. The van der Waals surface area contributed by atoms with Crippen LogP contribution in [0.25, 0.3) is 0 Å². The van der Waals surface area contributed by atoms with Crippen molar-refractivity contribution < 1.29 is 14.4 Å². The number of carbonyl (C=O) groups is 3. The molecule has 3 nitrogen and oxygen atoms in total. The first-order valence-corrected chi connectivity index (χ1v) is 8.58. The van der Waals surface area contributed by atoms with Crippen molar-refractivity contribution in [2.75, 3.05) is 0 Å². The Balaban J connectivity index is 1.65. The molecule has 0 spiro atoms. The first-order valence-electron chi connectivity index (χ1n) is 8.58. The zero-order chi connectivity index (χ0) is 14.8. The number of hydrogen-bond donors (Lipinski definition) is 0. The Morgan fingerprint density at radius 2 is 1.71 bits per heavy atom. The molecule has 0 radical (unpaired) electrons. The van der Waals surface area contributed by atoms with Crippen LogP contribution < -0.4 is 0 Å². The van der Waals surface area contributed by atoms with Crippen LogP contribution in [0.4, 0.5) is 0 Å². The van der Waals surface area contributed by atoms with E-state index in [0.717, 1.165) is 25.7 Å². The van der Waals surface area contributed by atoms with E-state index in [4.69, 9.17) is 0 Å². The minimum atomic E-state index is -0.154. The highest BCUT2D eigenvalue weighted by molar-refractivity contribution is 5.91. The fourth-order valence-corrected chi connectivity index (χ4v) is 6.19. The number of Topliss-reactive ketones (excluding diaryl/α,β-unsaturated/α-hetero) is 3. The first kappa shape index (κ1) is 13.7. The van der Waals surface area contributed by atoms with Crippen molar-refractivity contribution in [3.63, 3.8) is 0 Å². The molecule has 0 aromatic carbocycles. The fraction of sp³-hybridized carbons (Fsp3) is 0.833. The average molecular weight is 288 g/mol. The summed E-state index contributed by atoms with van der Waals surface area (Å²) in [6, 6.07) is 0. The average Bonchev–Trinajstić information content (AvgIpc) is 2.76. The molecule has 3 heteroatoms. The highest BCUT2D eigenvalue weighted by atomic mass is 16.1. The van der Waals surface area contributed by atoms with E-state index in [9.17, 15) is 14.4 Å². The Kier molecular flexibility index (Phi) is 2.93. The van der Waals surface area contributed by atoms with E-state index in [-0.39, 0.29) is 17.1 Å². The van der Waals surface area contributed by atoms with Crippen LogP contribution in [0.1, 0.15) is 58.3 Å². The number of fused-ring (bicyclic) bond motifs is 5. The van der Waals surface area contributed by atoms with Gasteiger partial charge in [0.2, 0.25) is 0 Å². The molecular weight excluding hydrogens is 264 g/mol.